The molecule has 5 heteroatoms. The summed E-state index contributed by atoms with van der Waals surface area (Å²) in [6.07, 6.45) is 0.844. The minimum absolute atomic E-state index is 0.112. The van der Waals surface area contributed by atoms with Crippen molar-refractivity contribution in [2.45, 2.75) is 6.42 Å². The highest BCUT2D eigenvalue weighted by Crippen LogP contribution is 2.19. The van der Waals surface area contributed by atoms with Crippen LogP contribution < -0.4 is 10.6 Å². The number of carbonyl (C=O) groups is 1. The predicted octanol–water partition coefficient (Wildman–Crippen LogP) is 3.76. The van der Waals surface area contributed by atoms with Crippen LogP contribution in [0.15, 0.2) is 48.5 Å². The van der Waals surface area contributed by atoms with Gasteiger partial charge in [-0.2, -0.15) is 0 Å². The number of carbonyl (C=O) groups excluding carboxylic acids is 1. The Morgan fingerprint density at radius 3 is 2.43 bits per heavy atom. The maximum Gasteiger partial charge on any atom is 0.238 e. The largest absolute Gasteiger partial charge is 0.324 e. The van der Waals surface area contributed by atoms with Crippen molar-refractivity contribution in [3.05, 3.63) is 64.1 Å². The minimum atomic E-state index is -0.112. The third-order valence-electron chi connectivity index (χ3n) is 2.94. The van der Waals surface area contributed by atoms with Gasteiger partial charge in [-0.1, -0.05) is 47.5 Å². The van der Waals surface area contributed by atoms with E-state index in [0.717, 1.165) is 18.0 Å². The van der Waals surface area contributed by atoms with E-state index in [4.69, 9.17) is 23.2 Å². The van der Waals surface area contributed by atoms with Gasteiger partial charge < -0.3 is 10.6 Å². The number of halogens is 2. The van der Waals surface area contributed by atoms with Crippen LogP contribution in [-0.2, 0) is 11.2 Å². The first-order chi connectivity index (χ1) is 10.1. The summed E-state index contributed by atoms with van der Waals surface area (Å²) < 4.78 is 0. The van der Waals surface area contributed by atoms with Crippen molar-refractivity contribution in [1.29, 1.82) is 0 Å². The van der Waals surface area contributed by atoms with E-state index in [9.17, 15) is 4.79 Å². The number of anilines is 1. The molecule has 2 aromatic carbocycles. The van der Waals surface area contributed by atoms with E-state index in [1.807, 2.05) is 36.4 Å². The van der Waals surface area contributed by atoms with Gasteiger partial charge >= 0.3 is 0 Å². The molecule has 3 nitrogen and oxygen atoms in total. The van der Waals surface area contributed by atoms with E-state index in [1.54, 1.807) is 12.1 Å². The van der Waals surface area contributed by atoms with Crippen LogP contribution in [0, 0.1) is 0 Å². The summed E-state index contributed by atoms with van der Waals surface area (Å²) in [5.41, 5.74) is 1.81. The van der Waals surface area contributed by atoms with E-state index in [1.165, 1.54) is 5.56 Å². The Kier molecular flexibility index (Phi) is 6.05. The maximum atomic E-state index is 11.8. The van der Waals surface area contributed by atoms with Gasteiger partial charge in [-0.3, -0.25) is 4.79 Å². The van der Waals surface area contributed by atoms with Crippen molar-refractivity contribution >= 4 is 34.8 Å². The van der Waals surface area contributed by atoms with Crippen LogP contribution in [0.1, 0.15) is 5.56 Å². The molecule has 0 aliphatic carbocycles. The molecular formula is C16H16Cl2N2O. The minimum Gasteiger partial charge on any atom is -0.324 e. The summed E-state index contributed by atoms with van der Waals surface area (Å²) in [4.78, 5) is 11.8. The number of rotatable bonds is 6. The lowest BCUT2D eigenvalue weighted by Gasteiger charge is -2.08. The number of para-hydroxylation sites is 1. The van der Waals surface area contributed by atoms with Crippen molar-refractivity contribution in [3.63, 3.8) is 0 Å². The summed E-state index contributed by atoms with van der Waals surface area (Å²) in [6.45, 7) is 0.969. The van der Waals surface area contributed by atoms with Crippen LogP contribution in [0.3, 0.4) is 0 Å². The van der Waals surface area contributed by atoms with Gasteiger partial charge in [0.05, 0.1) is 17.3 Å². The highest BCUT2D eigenvalue weighted by atomic mass is 35.5. The van der Waals surface area contributed by atoms with Crippen molar-refractivity contribution in [2.24, 2.45) is 0 Å². The average Bonchev–Trinajstić information content (AvgIpc) is 2.48. The Labute approximate surface area is 134 Å². The van der Waals surface area contributed by atoms with Crippen molar-refractivity contribution in [1.82, 2.24) is 5.32 Å². The first kappa shape index (κ1) is 15.8. The summed E-state index contributed by atoms with van der Waals surface area (Å²) >= 11 is 11.8. The molecule has 0 radical (unpaired) electrons. The van der Waals surface area contributed by atoms with E-state index in [-0.39, 0.29) is 12.5 Å². The van der Waals surface area contributed by atoms with E-state index >= 15 is 0 Å². The molecule has 2 N–H and O–H groups in total. The third kappa shape index (κ3) is 5.38. The van der Waals surface area contributed by atoms with Crippen LogP contribution in [0.5, 0.6) is 0 Å². The lowest BCUT2D eigenvalue weighted by Crippen LogP contribution is -2.29. The quantitative estimate of drug-likeness (QED) is 0.795. The fourth-order valence-corrected chi connectivity index (χ4v) is 2.15. The molecular weight excluding hydrogens is 307 g/mol. The molecule has 21 heavy (non-hydrogen) atoms. The summed E-state index contributed by atoms with van der Waals surface area (Å²) in [6, 6.07) is 14.8. The molecule has 0 aliphatic heterocycles. The molecule has 1 amide bonds. The summed E-state index contributed by atoms with van der Waals surface area (Å²) in [7, 11) is 0. The van der Waals surface area contributed by atoms with Crippen LogP contribution in [0.4, 0.5) is 5.69 Å². The highest BCUT2D eigenvalue weighted by Gasteiger charge is 2.04. The van der Waals surface area contributed by atoms with E-state index < -0.39 is 0 Å². The predicted molar refractivity (Wildman–Crippen MR) is 88.1 cm³/mol. The molecule has 0 aliphatic rings. The van der Waals surface area contributed by atoms with Gasteiger partial charge in [0.15, 0.2) is 0 Å². The molecule has 0 heterocycles. The van der Waals surface area contributed by atoms with Crippen LogP contribution in [0.25, 0.3) is 0 Å². The smallest absolute Gasteiger partial charge is 0.238 e. The molecule has 0 fully saturated rings. The maximum absolute atomic E-state index is 11.8. The summed E-state index contributed by atoms with van der Waals surface area (Å²) in [5, 5.41) is 7.13. The Bertz CT molecular complexity index is 599. The zero-order valence-corrected chi connectivity index (χ0v) is 12.9. The zero-order chi connectivity index (χ0) is 15.1. The zero-order valence-electron chi connectivity index (χ0n) is 11.4. The van der Waals surface area contributed by atoms with Gasteiger partial charge in [-0.25, -0.2) is 0 Å². The molecule has 0 bridgehead atoms. The molecule has 0 unspecified atom stereocenters. The lowest BCUT2D eigenvalue weighted by molar-refractivity contribution is -0.115. The number of hydrogen-bond donors (Lipinski definition) is 2. The van der Waals surface area contributed by atoms with Gasteiger partial charge in [-0.15, -0.1) is 0 Å². The molecule has 110 valence electrons. The normalized spacial score (nSPS) is 10.4. The Balaban J connectivity index is 1.70. The Morgan fingerprint density at radius 1 is 1.00 bits per heavy atom. The lowest BCUT2D eigenvalue weighted by atomic mass is 10.1. The van der Waals surface area contributed by atoms with Gasteiger partial charge in [0.25, 0.3) is 0 Å². The van der Waals surface area contributed by atoms with E-state index in [0.29, 0.717) is 10.7 Å². The van der Waals surface area contributed by atoms with E-state index in [2.05, 4.69) is 10.6 Å². The first-order valence-electron chi connectivity index (χ1n) is 6.65. The fraction of sp³-hybridized carbons (Fsp3) is 0.188. The van der Waals surface area contributed by atoms with Gasteiger partial charge in [0.2, 0.25) is 5.91 Å². The number of amides is 1. The monoisotopic (exact) mass is 322 g/mol. The van der Waals surface area contributed by atoms with Gasteiger partial charge in [-0.05, 0) is 42.8 Å². The molecule has 0 aromatic heterocycles. The number of nitrogens with one attached hydrogen (secondary N) is 2. The van der Waals surface area contributed by atoms with Gasteiger partial charge in [0.1, 0.15) is 0 Å². The Hall–Kier alpha value is -1.55. The van der Waals surface area contributed by atoms with Crippen LogP contribution in [-0.4, -0.2) is 19.0 Å². The third-order valence-corrected chi connectivity index (χ3v) is 3.52. The number of hydrogen-bond acceptors (Lipinski definition) is 2. The highest BCUT2D eigenvalue weighted by molar-refractivity contribution is 6.33. The Morgan fingerprint density at radius 2 is 1.71 bits per heavy atom. The number of benzene rings is 2. The molecule has 0 saturated heterocycles. The van der Waals surface area contributed by atoms with Crippen molar-refractivity contribution in [3.8, 4) is 0 Å². The molecule has 0 spiro atoms. The van der Waals surface area contributed by atoms with Crippen LogP contribution in [0.2, 0.25) is 10.0 Å². The molecule has 2 aromatic rings. The second kappa shape index (κ2) is 8.03. The topological polar surface area (TPSA) is 41.1 Å². The van der Waals surface area contributed by atoms with Crippen LogP contribution >= 0.6 is 23.2 Å². The molecule has 0 saturated carbocycles. The van der Waals surface area contributed by atoms with Crippen molar-refractivity contribution in [2.75, 3.05) is 18.4 Å². The second-order valence-electron chi connectivity index (χ2n) is 4.58. The standard InChI is InChI=1S/C16H16Cl2N2O/c17-13-7-5-12(6-8-13)9-10-19-11-16(21)20-15-4-2-1-3-14(15)18/h1-8,19H,9-11H2,(H,20,21). The van der Waals surface area contributed by atoms with Gasteiger partial charge in [0, 0.05) is 5.02 Å². The molecule has 0 atom stereocenters. The summed E-state index contributed by atoms with van der Waals surface area (Å²) in [5.74, 6) is -0.112. The second-order valence-corrected chi connectivity index (χ2v) is 5.42. The first-order valence-corrected chi connectivity index (χ1v) is 7.40. The SMILES string of the molecule is O=C(CNCCc1ccc(Cl)cc1)Nc1ccccc1Cl. The van der Waals surface area contributed by atoms with Crippen molar-refractivity contribution < 1.29 is 4.79 Å². The molecule has 2 rings (SSSR count). The fourth-order valence-electron chi connectivity index (χ4n) is 1.84. The average molecular weight is 323 g/mol.